The Morgan fingerprint density at radius 2 is 2.04 bits per heavy atom. The van der Waals surface area contributed by atoms with Crippen LogP contribution in [0.25, 0.3) is 0 Å². The summed E-state index contributed by atoms with van der Waals surface area (Å²) in [7, 11) is 1.23. The van der Waals surface area contributed by atoms with Crippen molar-refractivity contribution in [3.05, 3.63) is 0 Å². The van der Waals surface area contributed by atoms with Crippen LogP contribution in [-0.2, 0) is 28.2 Å². The second-order valence-corrected chi connectivity index (χ2v) is 9.17. The molecule has 0 saturated carbocycles. The zero-order valence-corrected chi connectivity index (χ0v) is 16.0. The molecule has 0 aliphatic carbocycles. The molecule has 0 rings (SSSR count). The number of hydrogen-bond donors (Lipinski definition) is 1. The van der Waals surface area contributed by atoms with E-state index >= 15 is 0 Å². The first-order valence-electron chi connectivity index (χ1n) is 7.31. The summed E-state index contributed by atoms with van der Waals surface area (Å²) in [4.78, 5) is 23.8. The van der Waals surface area contributed by atoms with Gasteiger partial charge in [0.2, 0.25) is 0 Å². The van der Waals surface area contributed by atoms with Crippen LogP contribution in [0, 0.1) is 11.5 Å². The van der Waals surface area contributed by atoms with Crippen molar-refractivity contribution < 1.29 is 28.2 Å². The third kappa shape index (κ3) is 10.5. The lowest BCUT2D eigenvalue weighted by Gasteiger charge is -2.19. The quantitative estimate of drug-likeness (QED) is 0.230. The smallest absolute Gasteiger partial charge is 0.327 e. The number of carbonyl (C=O) groups is 2. The molecule has 0 aliphatic heterocycles. The summed E-state index contributed by atoms with van der Waals surface area (Å²) >= 11 is 0.957. The van der Waals surface area contributed by atoms with Gasteiger partial charge in [-0.15, -0.1) is 0 Å². The summed E-state index contributed by atoms with van der Waals surface area (Å²) in [6.45, 7) is 1.76. The van der Waals surface area contributed by atoms with Crippen molar-refractivity contribution in [2.75, 3.05) is 39.1 Å². The summed E-state index contributed by atoms with van der Waals surface area (Å²) in [5.41, 5.74) is 0. The van der Waals surface area contributed by atoms with E-state index in [0.29, 0.717) is 0 Å². The maximum Gasteiger partial charge on any atom is 0.327 e. The van der Waals surface area contributed by atoms with Gasteiger partial charge in [-0.05, 0) is 20.8 Å². The summed E-state index contributed by atoms with van der Waals surface area (Å²) in [6.07, 6.45) is 1.59. The zero-order valence-electron chi connectivity index (χ0n) is 14.3. The molecule has 0 unspecified atom stereocenters. The van der Waals surface area contributed by atoms with Gasteiger partial charge in [-0.2, -0.15) is 5.26 Å². The van der Waals surface area contributed by atoms with Gasteiger partial charge < -0.3 is 14.0 Å². The molecule has 0 fully saturated rings. The number of hydrogen-bond acceptors (Lipinski definition) is 9. The van der Waals surface area contributed by atoms with E-state index in [9.17, 15) is 14.2 Å². The van der Waals surface area contributed by atoms with E-state index < -0.39 is 18.7 Å². The molecule has 0 amide bonds. The molecular weight excluding hydrogens is 357 g/mol. The van der Waals surface area contributed by atoms with E-state index in [1.807, 2.05) is 6.19 Å². The third-order valence-corrected chi connectivity index (χ3v) is 6.51. The number of methoxy groups -OCH3 is 1. The second kappa shape index (κ2) is 12.1. The van der Waals surface area contributed by atoms with Crippen molar-refractivity contribution in [3.8, 4) is 6.19 Å². The molecule has 0 aromatic carbocycles. The van der Waals surface area contributed by atoms with Gasteiger partial charge in [0, 0.05) is 12.3 Å². The standard InChI is InChI=1S/C13H24N3O6PS/c1-5-21-23(19,15-8-12(17)22-11(2)3)24-7-6-16(10-14)9-13(18)20-4/h11H,5-9H2,1-4H3,(H,15,19)/t23-/m1/s1. The highest BCUT2D eigenvalue weighted by atomic mass is 32.7. The van der Waals surface area contributed by atoms with Gasteiger partial charge in [0.05, 0.1) is 19.8 Å². The molecule has 24 heavy (non-hydrogen) atoms. The number of esters is 2. The summed E-state index contributed by atoms with van der Waals surface area (Å²) < 4.78 is 27.2. The van der Waals surface area contributed by atoms with Crippen LogP contribution in [0.1, 0.15) is 20.8 Å². The first kappa shape index (κ1) is 22.7. The molecule has 0 radical (unpaired) electrons. The average molecular weight is 381 g/mol. The van der Waals surface area contributed by atoms with E-state index in [4.69, 9.17) is 14.5 Å². The Morgan fingerprint density at radius 1 is 1.38 bits per heavy atom. The molecule has 0 spiro atoms. The van der Waals surface area contributed by atoms with Crippen LogP contribution in [0.4, 0.5) is 0 Å². The van der Waals surface area contributed by atoms with Gasteiger partial charge in [-0.25, -0.2) is 5.09 Å². The number of ether oxygens (including phenoxy) is 2. The van der Waals surface area contributed by atoms with Crippen LogP contribution < -0.4 is 5.09 Å². The molecular formula is C13H24N3O6PS. The third-order valence-electron chi connectivity index (χ3n) is 2.39. The van der Waals surface area contributed by atoms with Crippen molar-refractivity contribution in [3.63, 3.8) is 0 Å². The minimum atomic E-state index is -3.31. The van der Waals surface area contributed by atoms with Gasteiger partial charge in [0.15, 0.2) is 6.19 Å². The van der Waals surface area contributed by atoms with Gasteiger partial charge in [0.1, 0.15) is 13.1 Å². The zero-order chi connectivity index (χ0) is 18.6. The summed E-state index contributed by atoms with van der Waals surface area (Å²) in [5, 5.41) is 11.5. The van der Waals surface area contributed by atoms with Gasteiger partial charge in [-0.1, -0.05) is 11.4 Å². The minimum Gasteiger partial charge on any atom is -0.468 e. The van der Waals surface area contributed by atoms with Crippen molar-refractivity contribution >= 4 is 30.0 Å². The lowest BCUT2D eigenvalue weighted by molar-refractivity contribution is -0.146. The van der Waals surface area contributed by atoms with Crippen LogP contribution in [-0.4, -0.2) is 62.0 Å². The highest BCUT2D eigenvalue weighted by molar-refractivity contribution is 8.56. The molecule has 0 aliphatic rings. The molecule has 138 valence electrons. The summed E-state index contributed by atoms with van der Waals surface area (Å²) in [6, 6.07) is 0. The monoisotopic (exact) mass is 381 g/mol. The largest absolute Gasteiger partial charge is 0.468 e. The number of rotatable bonds is 12. The number of nitrogens with zero attached hydrogens (tertiary/aromatic N) is 2. The highest BCUT2D eigenvalue weighted by Crippen LogP contribution is 2.55. The van der Waals surface area contributed by atoms with Gasteiger partial charge in [0.25, 0.3) is 0 Å². The molecule has 9 nitrogen and oxygen atoms in total. The van der Waals surface area contributed by atoms with Crippen LogP contribution in [0.3, 0.4) is 0 Å². The lowest BCUT2D eigenvalue weighted by atomic mass is 10.5. The molecule has 0 heterocycles. The predicted molar refractivity (Wildman–Crippen MR) is 90.1 cm³/mol. The van der Waals surface area contributed by atoms with E-state index in [2.05, 4.69) is 9.82 Å². The fourth-order valence-electron chi connectivity index (χ4n) is 1.42. The van der Waals surface area contributed by atoms with Crippen molar-refractivity contribution in [2.24, 2.45) is 0 Å². The molecule has 1 N–H and O–H groups in total. The van der Waals surface area contributed by atoms with Crippen molar-refractivity contribution in [1.82, 2.24) is 9.99 Å². The van der Waals surface area contributed by atoms with Crippen LogP contribution in [0.15, 0.2) is 0 Å². The normalized spacial score (nSPS) is 13.0. The maximum atomic E-state index is 12.6. The van der Waals surface area contributed by atoms with Gasteiger partial charge in [-0.3, -0.25) is 19.1 Å². The Labute approximate surface area is 146 Å². The van der Waals surface area contributed by atoms with E-state index in [-0.39, 0.29) is 38.1 Å². The van der Waals surface area contributed by atoms with Crippen molar-refractivity contribution in [2.45, 2.75) is 26.9 Å². The van der Waals surface area contributed by atoms with Crippen molar-refractivity contribution in [1.29, 1.82) is 5.26 Å². The molecule has 1 atom stereocenters. The predicted octanol–water partition coefficient (Wildman–Crippen LogP) is 1.36. The Hall–Kier alpha value is -1.27. The topological polar surface area (TPSA) is 118 Å². The maximum absolute atomic E-state index is 12.6. The summed E-state index contributed by atoms with van der Waals surface area (Å²) in [5.74, 6) is -0.812. The Balaban J connectivity index is 4.44. The van der Waals surface area contributed by atoms with Crippen LogP contribution in [0.2, 0.25) is 0 Å². The SMILES string of the molecule is CCO[P@](=O)(NCC(=O)OC(C)C)SCCN(C#N)CC(=O)OC. The number of nitrogens with one attached hydrogen (secondary N) is 1. The average Bonchev–Trinajstić information content (AvgIpc) is 2.51. The first-order chi connectivity index (χ1) is 11.3. The highest BCUT2D eigenvalue weighted by Gasteiger charge is 2.25. The molecule has 0 aromatic rings. The Morgan fingerprint density at radius 3 is 2.54 bits per heavy atom. The fourth-order valence-corrected chi connectivity index (χ4v) is 4.86. The van der Waals surface area contributed by atoms with Gasteiger partial charge >= 0.3 is 18.7 Å². The number of carbonyl (C=O) groups excluding carboxylic acids is 2. The number of nitriles is 1. The molecule has 0 saturated heterocycles. The van der Waals surface area contributed by atoms with Crippen LogP contribution in [0.5, 0.6) is 0 Å². The molecule has 11 heteroatoms. The first-order valence-corrected chi connectivity index (χ1v) is 10.5. The second-order valence-electron chi connectivity index (χ2n) is 4.72. The molecule has 0 aromatic heterocycles. The fraction of sp³-hybridized carbons (Fsp3) is 0.769. The Kier molecular flexibility index (Phi) is 11.5. The Bertz CT molecular complexity index is 497. The van der Waals surface area contributed by atoms with E-state index in [0.717, 1.165) is 11.4 Å². The van der Waals surface area contributed by atoms with E-state index in [1.54, 1.807) is 20.8 Å². The van der Waals surface area contributed by atoms with E-state index in [1.165, 1.54) is 12.0 Å². The van der Waals surface area contributed by atoms with Crippen LogP contribution >= 0.6 is 18.1 Å². The lowest BCUT2D eigenvalue weighted by Crippen LogP contribution is -2.29. The minimum absolute atomic E-state index is 0.180. The molecule has 0 bridgehead atoms.